The molecule has 0 aliphatic carbocycles. The van der Waals surface area contributed by atoms with Crippen LogP contribution in [0.25, 0.3) is 5.69 Å². The minimum Gasteiger partial charge on any atom is -0.489 e. The number of nitrogens with zero attached hydrogens (tertiary/aromatic N) is 4. The number of rotatable bonds is 5. The molecule has 0 bridgehead atoms. The van der Waals surface area contributed by atoms with Crippen molar-refractivity contribution in [2.45, 2.75) is 6.92 Å². The lowest BCUT2D eigenvalue weighted by atomic mass is 10.3. The van der Waals surface area contributed by atoms with E-state index in [4.69, 9.17) is 10.5 Å². The number of benzene rings is 1. The quantitative estimate of drug-likeness (QED) is 0.875. The van der Waals surface area contributed by atoms with Gasteiger partial charge in [0.05, 0.1) is 12.0 Å². The molecule has 1 heterocycles. The van der Waals surface area contributed by atoms with Gasteiger partial charge in [-0.2, -0.15) is 0 Å². The van der Waals surface area contributed by atoms with Gasteiger partial charge in [-0.15, -0.1) is 15.0 Å². The predicted molar refractivity (Wildman–Crippen MR) is 67.6 cm³/mol. The van der Waals surface area contributed by atoms with E-state index >= 15 is 0 Å². The third kappa shape index (κ3) is 3.35. The molecule has 0 amide bonds. The lowest BCUT2D eigenvalue weighted by Crippen LogP contribution is -2.10. The van der Waals surface area contributed by atoms with Crippen molar-refractivity contribution in [3.8, 4) is 11.4 Å². The normalized spacial score (nSPS) is 11.6. The minimum absolute atomic E-state index is 0.132. The Labute approximate surface area is 109 Å². The Kier molecular flexibility index (Phi) is 4.19. The monoisotopic (exact) mass is 263 g/mol. The van der Waals surface area contributed by atoms with E-state index in [1.807, 2.05) is 0 Å². The molecule has 0 aliphatic rings. The zero-order valence-electron chi connectivity index (χ0n) is 10.5. The summed E-state index contributed by atoms with van der Waals surface area (Å²) in [5, 5.41) is 11.8. The molecule has 0 aliphatic heterocycles. The average Bonchev–Trinajstić information content (AvgIpc) is 2.87. The molecule has 1 aromatic carbocycles. The van der Waals surface area contributed by atoms with Gasteiger partial charge >= 0.3 is 0 Å². The van der Waals surface area contributed by atoms with Crippen molar-refractivity contribution < 1.29 is 9.13 Å². The summed E-state index contributed by atoms with van der Waals surface area (Å²) in [6, 6.07) is 7.08. The van der Waals surface area contributed by atoms with Crippen LogP contribution in [0.2, 0.25) is 0 Å². The summed E-state index contributed by atoms with van der Waals surface area (Å²) >= 11 is 0. The molecule has 0 atom stereocenters. The molecule has 0 unspecified atom stereocenters. The highest BCUT2D eigenvalue weighted by Crippen LogP contribution is 2.14. The fraction of sp³-hybridized carbons (Fsp3) is 0.250. The van der Waals surface area contributed by atoms with Crippen molar-refractivity contribution in [3.63, 3.8) is 0 Å². The highest BCUT2D eigenvalue weighted by atomic mass is 19.1. The Bertz CT molecular complexity index is 564. The second-order valence-corrected chi connectivity index (χ2v) is 3.88. The van der Waals surface area contributed by atoms with E-state index in [-0.39, 0.29) is 13.2 Å². The van der Waals surface area contributed by atoms with Crippen LogP contribution in [0.4, 0.5) is 4.39 Å². The molecule has 2 N–H and O–H groups in total. The number of ether oxygens (including phenoxy) is 1. The van der Waals surface area contributed by atoms with Crippen LogP contribution in [0.1, 0.15) is 5.82 Å². The summed E-state index contributed by atoms with van der Waals surface area (Å²) in [6.07, 6.45) is 0.469. The number of hydrogen-bond donors (Lipinski definition) is 1. The van der Waals surface area contributed by atoms with E-state index < -0.39 is 0 Å². The second kappa shape index (κ2) is 6.05. The van der Waals surface area contributed by atoms with E-state index in [1.165, 1.54) is 4.80 Å². The Morgan fingerprint density at radius 2 is 2.16 bits per heavy atom. The zero-order valence-corrected chi connectivity index (χ0v) is 10.5. The fourth-order valence-electron chi connectivity index (χ4n) is 1.38. The topological polar surface area (TPSA) is 78.8 Å². The van der Waals surface area contributed by atoms with Gasteiger partial charge in [-0.05, 0) is 36.4 Å². The van der Waals surface area contributed by atoms with Crippen molar-refractivity contribution in [3.05, 3.63) is 42.0 Å². The highest BCUT2D eigenvalue weighted by molar-refractivity contribution is 5.35. The summed E-state index contributed by atoms with van der Waals surface area (Å²) in [5.74, 6) is 1.22. The number of halogens is 1. The Balaban J connectivity index is 2.02. The molecule has 0 saturated carbocycles. The summed E-state index contributed by atoms with van der Waals surface area (Å²) < 4.78 is 17.7. The van der Waals surface area contributed by atoms with E-state index in [1.54, 1.807) is 31.2 Å². The number of hydrogen-bond acceptors (Lipinski definition) is 5. The first-order valence-corrected chi connectivity index (χ1v) is 5.71. The summed E-state index contributed by atoms with van der Waals surface area (Å²) in [6.45, 7) is 2.03. The molecular weight excluding hydrogens is 249 g/mol. The highest BCUT2D eigenvalue weighted by Gasteiger charge is 2.02. The van der Waals surface area contributed by atoms with Crippen molar-refractivity contribution >= 4 is 0 Å². The van der Waals surface area contributed by atoms with E-state index in [0.29, 0.717) is 23.5 Å². The summed E-state index contributed by atoms with van der Waals surface area (Å²) in [7, 11) is 0. The standard InChI is InChI=1S/C12H14FN5O/c1-9-15-17-18(16-9)11-2-4-12(5-3-11)19-8-10(6-13)7-14/h2-6H,7-8,14H2,1H3/b10-6+. The Hall–Kier alpha value is -2.28. The molecule has 100 valence electrons. The van der Waals surface area contributed by atoms with E-state index in [2.05, 4.69) is 15.4 Å². The third-order valence-electron chi connectivity index (χ3n) is 2.42. The lowest BCUT2D eigenvalue weighted by Gasteiger charge is -2.07. The van der Waals surface area contributed by atoms with Gasteiger partial charge in [-0.1, -0.05) is 0 Å². The molecule has 6 nitrogen and oxygen atoms in total. The first-order chi connectivity index (χ1) is 9.22. The van der Waals surface area contributed by atoms with Crippen LogP contribution < -0.4 is 10.5 Å². The van der Waals surface area contributed by atoms with Gasteiger partial charge in [0.2, 0.25) is 0 Å². The number of aryl methyl sites for hydroxylation is 1. The van der Waals surface area contributed by atoms with E-state index in [0.717, 1.165) is 5.69 Å². The van der Waals surface area contributed by atoms with Crippen LogP contribution in [-0.2, 0) is 0 Å². The summed E-state index contributed by atoms with van der Waals surface area (Å²) in [5.41, 5.74) is 6.51. The third-order valence-corrected chi connectivity index (χ3v) is 2.42. The molecule has 2 aromatic rings. The molecule has 2 rings (SSSR count). The van der Waals surface area contributed by atoms with Gasteiger partial charge in [-0.3, -0.25) is 0 Å². The van der Waals surface area contributed by atoms with Gasteiger partial charge in [0.25, 0.3) is 0 Å². The molecule has 0 spiro atoms. The van der Waals surface area contributed by atoms with Crippen molar-refractivity contribution in [1.82, 2.24) is 20.2 Å². The first kappa shape index (κ1) is 13.2. The average molecular weight is 263 g/mol. The maximum atomic E-state index is 12.3. The lowest BCUT2D eigenvalue weighted by molar-refractivity contribution is 0.347. The van der Waals surface area contributed by atoms with Gasteiger partial charge in [-0.25, -0.2) is 4.39 Å². The number of nitrogens with two attached hydrogens (primary N) is 1. The van der Waals surface area contributed by atoms with E-state index in [9.17, 15) is 4.39 Å². The molecule has 1 aromatic heterocycles. The fourth-order valence-corrected chi connectivity index (χ4v) is 1.38. The van der Waals surface area contributed by atoms with Gasteiger partial charge < -0.3 is 10.5 Å². The molecule has 0 radical (unpaired) electrons. The smallest absolute Gasteiger partial charge is 0.172 e. The molecule has 7 heteroatoms. The van der Waals surface area contributed by atoms with Crippen LogP contribution in [0.15, 0.2) is 36.2 Å². The SMILES string of the molecule is Cc1nnn(-c2ccc(OC/C(=C/F)CN)cc2)n1. The molecule has 0 fully saturated rings. The van der Waals surface area contributed by atoms with Gasteiger partial charge in [0, 0.05) is 12.1 Å². The largest absolute Gasteiger partial charge is 0.489 e. The molecule has 19 heavy (non-hydrogen) atoms. The predicted octanol–water partition coefficient (Wildman–Crippen LogP) is 1.16. The maximum absolute atomic E-state index is 12.3. The molecular formula is C12H14FN5O. The van der Waals surface area contributed by atoms with Crippen molar-refractivity contribution in [2.24, 2.45) is 5.73 Å². The minimum atomic E-state index is 0.132. The second-order valence-electron chi connectivity index (χ2n) is 3.88. The van der Waals surface area contributed by atoms with Crippen LogP contribution in [0, 0.1) is 6.92 Å². The van der Waals surface area contributed by atoms with Gasteiger partial charge in [0.1, 0.15) is 12.4 Å². The number of aromatic nitrogens is 4. The Morgan fingerprint density at radius 3 is 2.68 bits per heavy atom. The van der Waals surface area contributed by atoms with Crippen LogP contribution in [0.3, 0.4) is 0 Å². The van der Waals surface area contributed by atoms with Crippen LogP contribution in [-0.4, -0.2) is 33.4 Å². The summed E-state index contributed by atoms with van der Waals surface area (Å²) in [4.78, 5) is 1.42. The van der Waals surface area contributed by atoms with Crippen LogP contribution >= 0.6 is 0 Å². The van der Waals surface area contributed by atoms with Crippen molar-refractivity contribution in [2.75, 3.05) is 13.2 Å². The van der Waals surface area contributed by atoms with Crippen LogP contribution in [0.5, 0.6) is 5.75 Å². The zero-order chi connectivity index (χ0) is 13.7. The number of tetrazole rings is 1. The first-order valence-electron chi connectivity index (χ1n) is 5.71. The van der Waals surface area contributed by atoms with Crippen molar-refractivity contribution in [1.29, 1.82) is 0 Å². The van der Waals surface area contributed by atoms with Gasteiger partial charge in [0.15, 0.2) is 5.82 Å². The maximum Gasteiger partial charge on any atom is 0.172 e. The Morgan fingerprint density at radius 1 is 1.42 bits per heavy atom. The molecule has 0 saturated heterocycles.